The fourth-order valence-corrected chi connectivity index (χ4v) is 6.00. The van der Waals surface area contributed by atoms with Gasteiger partial charge >= 0.3 is 0 Å². The zero-order valence-corrected chi connectivity index (χ0v) is 22.3. The molecule has 0 bridgehead atoms. The third-order valence-corrected chi connectivity index (χ3v) is 7.92. The Balaban J connectivity index is 1.28. The predicted octanol–water partition coefficient (Wildman–Crippen LogP) is 9.73. The monoisotopic (exact) mass is 523 g/mol. The van der Waals surface area contributed by atoms with E-state index in [1.165, 1.54) is 38.2 Å². The third-order valence-electron chi connectivity index (χ3n) is 7.92. The average molecular weight is 524 g/mol. The first kappa shape index (κ1) is 23.4. The van der Waals surface area contributed by atoms with Crippen LogP contribution in [0.4, 0.5) is 0 Å². The first-order valence-electron chi connectivity index (χ1n) is 13.8. The van der Waals surface area contributed by atoms with Crippen molar-refractivity contribution in [3.05, 3.63) is 152 Å². The Kier molecular flexibility index (Phi) is 5.46. The van der Waals surface area contributed by atoms with E-state index >= 15 is 0 Å². The molecule has 0 aliphatic heterocycles. The molecular weight excluding hydrogens is 498 g/mol. The van der Waals surface area contributed by atoms with Gasteiger partial charge in [-0.2, -0.15) is 0 Å². The molecule has 192 valence electrons. The molecule has 0 amide bonds. The molecule has 0 spiro atoms. The van der Waals surface area contributed by atoms with Gasteiger partial charge in [0.2, 0.25) is 5.95 Å². The van der Waals surface area contributed by atoms with E-state index < -0.39 is 0 Å². The second kappa shape index (κ2) is 9.58. The summed E-state index contributed by atoms with van der Waals surface area (Å²) in [7, 11) is 0. The van der Waals surface area contributed by atoms with Gasteiger partial charge in [-0.05, 0) is 56.8 Å². The quantitative estimate of drug-likeness (QED) is 0.230. The van der Waals surface area contributed by atoms with Crippen LogP contribution in [-0.4, -0.2) is 14.5 Å². The molecule has 0 saturated carbocycles. The summed E-state index contributed by atoms with van der Waals surface area (Å²) in [4.78, 5) is 9.89. The predicted molar refractivity (Wildman–Crippen MR) is 170 cm³/mol. The first-order valence-corrected chi connectivity index (χ1v) is 13.8. The second-order valence-electron chi connectivity index (χ2n) is 10.3. The lowest BCUT2D eigenvalue weighted by Crippen LogP contribution is -2.01. The van der Waals surface area contributed by atoms with Crippen LogP contribution >= 0.6 is 0 Å². The molecule has 0 saturated heterocycles. The summed E-state index contributed by atoms with van der Waals surface area (Å²) >= 11 is 0. The van der Waals surface area contributed by atoms with E-state index in [1.807, 2.05) is 12.4 Å². The second-order valence-corrected chi connectivity index (χ2v) is 10.3. The van der Waals surface area contributed by atoms with Gasteiger partial charge in [0.05, 0.1) is 11.0 Å². The van der Waals surface area contributed by atoms with Crippen LogP contribution in [0, 0.1) is 0 Å². The normalized spacial score (nSPS) is 11.4. The van der Waals surface area contributed by atoms with Crippen molar-refractivity contribution in [3.8, 4) is 39.3 Å². The Morgan fingerprint density at radius 3 is 1.63 bits per heavy atom. The molecule has 0 radical (unpaired) electrons. The molecule has 8 rings (SSSR count). The lowest BCUT2D eigenvalue weighted by Gasteiger charge is -2.15. The van der Waals surface area contributed by atoms with Crippen LogP contribution in [0.2, 0.25) is 0 Å². The van der Waals surface area contributed by atoms with Crippen molar-refractivity contribution in [1.82, 2.24) is 14.5 Å². The highest BCUT2D eigenvalue weighted by atomic mass is 15.1. The van der Waals surface area contributed by atoms with Crippen molar-refractivity contribution in [1.29, 1.82) is 0 Å². The fraction of sp³-hybridized carbons (Fsp3) is 0. The maximum absolute atomic E-state index is 4.95. The molecule has 41 heavy (non-hydrogen) atoms. The van der Waals surface area contributed by atoms with Crippen molar-refractivity contribution < 1.29 is 0 Å². The largest absolute Gasteiger partial charge is 0.278 e. The van der Waals surface area contributed by atoms with Crippen LogP contribution < -0.4 is 0 Å². The number of nitrogens with zero attached hydrogens (tertiary/aromatic N) is 3. The summed E-state index contributed by atoms with van der Waals surface area (Å²) in [5, 5.41) is 4.83. The molecular formula is C38H25N3. The molecule has 0 N–H and O–H groups in total. The van der Waals surface area contributed by atoms with Gasteiger partial charge in [0.15, 0.2) is 0 Å². The van der Waals surface area contributed by atoms with Gasteiger partial charge in [-0.1, -0.05) is 121 Å². The van der Waals surface area contributed by atoms with Crippen LogP contribution in [-0.2, 0) is 0 Å². The summed E-state index contributed by atoms with van der Waals surface area (Å²) < 4.78 is 2.18. The minimum atomic E-state index is 0.664. The molecule has 0 aliphatic carbocycles. The summed E-state index contributed by atoms with van der Waals surface area (Å²) in [6.07, 6.45) is 3.90. The van der Waals surface area contributed by atoms with Gasteiger partial charge in [-0.25, -0.2) is 9.97 Å². The standard InChI is InChI=1S/C38H25N3/c1-2-12-26(13-3-1)30-16-6-8-18-32(30)33-19-9-7-17-31(33)29-24-39-38(40-25-29)41-36-21-11-10-20-34(36)35-22-27-14-4-5-15-28(27)23-37(35)41/h1-25H. The number of aromatic nitrogens is 3. The SMILES string of the molecule is c1ccc(-c2ccccc2-c2ccccc2-c2cnc(-n3c4ccccc4c4cc5ccccc5cc43)nc2)cc1. The number of hydrogen-bond donors (Lipinski definition) is 0. The highest BCUT2D eigenvalue weighted by Gasteiger charge is 2.16. The number of fused-ring (bicyclic) bond motifs is 4. The first-order chi connectivity index (χ1) is 20.3. The van der Waals surface area contributed by atoms with Crippen LogP contribution in [0.15, 0.2) is 152 Å². The summed E-state index contributed by atoms with van der Waals surface area (Å²) in [5.74, 6) is 0.664. The molecule has 2 heterocycles. The van der Waals surface area contributed by atoms with E-state index in [9.17, 15) is 0 Å². The topological polar surface area (TPSA) is 30.7 Å². The smallest absolute Gasteiger partial charge is 0.234 e. The van der Waals surface area contributed by atoms with E-state index in [0.717, 1.165) is 27.7 Å². The lowest BCUT2D eigenvalue weighted by molar-refractivity contribution is 0.990. The van der Waals surface area contributed by atoms with E-state index in [0.29, 0.717) is 5.95 Å². The maximum Gasteiger partial charge on any atom is 0.234 e. The highest BCUT2D eigenvalue weighted by molar-refractivity contribution is 6.13. The van der Waals surface area contributed by atoms with Crippen LogP contribution in [0.1, 0.15) is 0 Å². The Bertz CT molecular complexity index is 2190. The van der Waals surface area contributed by atoms with Crippen molar-refractivity contribution in [3.63, 3.8) is 0 Å². The fourth-order valence-electron chi connectivity index (χ4n) is 6.00. The summed E-state index contributed by atoms with van der Waals surface area (Å²) in [6.45, 7) is 0. The van der Waals surface area contributed by atoms with Gasteiger partial charge in [-0.3, -0.25) is 4.57 Å². The average Bonchev–Trinajstić information content (AvgIpc) is 3.37. The van der Waals surface area contributed by atoms with Gasteiger partial charge in [0.25, 0.3) is 0 Å². The van der Waals surface area contributed by atoms with Gasteiger partial charge < -0.3 is 0 Å². The molecule has 6 aromatic carbocycles. The molecule has 3 heteroatoms. The zero-order valence-electron chi connectivity index (χ0n) is 22.3. The van der Waals surface area contributed by atoms with Crippen molar-refractivity contribution in [2.24, 2.45) is 0 Å². The summed E-state index contributed by atoms with van der Waals surface area (Å²) in [6, 6.07) is 49.2. The molecule has 0 unspecified atom stereocenters. The highest BCUT2D eigenvalue weighted by Crippen LogP contribution is 2.38. The molecule has 0 atom stereocenters. The number of hydrogen-bond acceptors (Lipinski definition) is 2. The Labute approximate surface area is 238 Å². The zero-order chi connectivity index (χ0) is 27.2. The maximum atomic E-state index is 4.95. The Morgan fingerprint density at radius 2 is 0.927 bits per heavy atom. The van der Waals surface area contributed by atoms with Gasteiger partial charge in [0.1, 0.15) is 0 Å². The minimum absolute atomic E-state index is 0.664. The van der Waals surface area contributed by atoms with Gasteiger partial charge in [-0.15, -0.1) is 0 Å². The van der Waals surface area contributed by atoms with Crippen LogP contribution in [0.5, 0.6) is 0 Å². The van der Waals surface area contributed by atoms with E-state index in [1.54, 1.807) is 0 Å². The van der Waals surface area contributed by atoms with E-state index in [-0.39, 0.29) is 0 Å². The molecule has 2 aromatic heterocycles. The van der Waals surface area contributed by atoms with Crippen molar-refractivity contribution in [2.45, 2.75) is 0 Å². The summed E-state index contributed by atoms with van der Waals surface area (Å²) in [5.41, 5.74) is 9.05. The number of para-hydroxylation sites is 1. The van der Waals surface area contributed by atoms with E-state index in [2.05, 4.69) is 144 Å². The molecule has 0 aliphatic rings. The minimum Gasteiger partial charge on any atom is -0.278 e. The Morgan fingerprint density at radius 1 is 0.390 bits per heavy atom. The van der Waals surface area contributed by atoms with Crippen molar-refractivity contribution in [2.75, 3.05) is 0 Å². The number of benzene rings is 6. The van der Waals surface area contributed by atoms with Crippen LogP contribution in [0.25, 0.3) is 71.9 Å². The van der Waals surface area contributed by atoms with Crippen molar-refractivity contribution >= 4 is 32.6 Å². The molecule has 0 fully saturated rings. The Hall–Kier alpha value is -5.54. The molecule has 8 aromatic rings. The van der Waals surface area contributed by atoms with Crippen LogP contribution in [0.3, 0.4) is 0 Å². The number of rotatable bonds is 4. The third kappa shape index (κ3) is 3.90. The van der Waals surface area contributed by atoms with Gasteiger partial charge in [0, 0.05) is 28.7 Å². The van der Waals surface area contributed by atoms with E-state index in [4.69, 9.17) is 9.97 Å². The molecule has 3 nitrogen and oxygen atoms in total. The lowest BCUT2D eigenvalue weighted by atomic mass is 9.90.